The van der Waals surface area contributed by atoms with Crippen molar-refractivity contribution in [3.05, 3.63) is 0 Å². The zero-order valence-electron chi connectivity index (χ0n) is 39.1. The van der Waals surface area contributed by atoms with Crippen LogP contribution in [0.25, 0.3) is 0 Å². The van der Waals surface area contributed by atoms with Crippen LogP contribution in [0.3, 0.4) is 0 Å². The molecule has 2 heteroatoms. The first-order valence-corrected chi connectivity index (χ1v) is 29.3. The Hall–Kier alpha value is -0.0800. The molecule has 2 saturated heterocycles. The van der Waals surface area contributed by atoms with Crippen molar-refractivity contribution < 1.29 is 0 Å². The van der Waals surface area contributed by atoms with Gasteiger partial charge >= 0.3 is 0 Å². The van der Waals surface area contributed by atoms with Crippen LogP contribution in [0.15, 0.2) is 0 Å². The summed E-state index contributed by atoms with van der Waals surface area (Å²) in [5.41, 5.74) is 0. The highest BCUT2D eigenvalue weighted by molar-refractivity contribution is 5.10. The Kier molecular flexibility index (Phi) is 11.4. The Balaban J connectivity index is 0.686. The SMILES string of the molecule is C1CCC2C(C1)C(C1CCC3CC(N4C5CCCCC5C5CCCCC54)CCC3C1)C1CCCCC1C2C1CCC2CC(N3C4CCCCC4C4CCCCC43)CCC2C1. The lowest BCUT2D eigenvalue weighted by molar-refractivity contribution is -0.125. The number of hydrogen-bond acceptors (Lipinski definition) is 2. The van der Waals surface area contributed by atoms with Gasteiger partial charge in [0.2, 0.25) is 0 Å². The summed E-state index contributed by atoms with van der Waals surface area (Å²) in [5.74, 6) is 17.6. The van der Waals surface area contributed by atoms with Gasteiger partial charge in [0.1, 0.15) is 0 Å². The topological polar surface area (TPSA) is 6.48 Å². The van der Waals surface area contributed by atoms with Crippen LogP contribution < -0.4 is 0 Å². The number of hydrogen-bond donors (Lipinski definition) is 0. The Bertz CT molecular complexity index is 1300. The highest BCUT2D eigenvalue weighted by Crippen LogP contribution is 2.65. The molecule has 0 spiro atoms. The minimum Gasteiger partial charge on any atom is -0.294 e. The molecule has 0 aromatic heterocycles. The van der Waals surface area contributed by atoms with E-state index in [0.717, 1.165) is 131 Å². The van der Waals surface area contributed by atoms with Crippen molar-refractivity contribution in [3.63, 3.8) is 0 Å². The van der Waals surface area contributed by atoms with Crippen LogP contribution in [-0.2, 0) is 0 Å². The van der Waals surface area contributed by atoms with E-state index in [4.69, 9.17) is 0 Å². The lowest BCUT2D eigenvalue weighted by Gasteiger charge is -2.61. The van der Waals surface area contributed by atoms with Crippen molar-refractivity contribution in [2.75, 3.05) is 0 Å². The molecule has 0 aromatic rings. The molecule has 11 saturated carbocycles. The minimum absolute atomic E-state index is 0.959. The molecule has 0 aromatic carbocycles. The number of fused-ring (bicyclic) bond motifs is 10. The van der Waals surface area contributed by atoms with E-state index in [9.17, 15) is 0 Å². The maximum atomic E-state index is 3.32. The third kappa shape index (κ3) is 6.82. The fourth-order valence-electron chi connectivity index (χ4n) is 23.0. The van der Waals surface area contributed by atoms with Gasteiger partial charge in [0, 0.05) is 36.3 Å². The van der Waals surface area contributed by atoms with Gasteiger partial charge in [-0.05, 0) is 249 Å². The van der Waals surface area contributed by atoms with Crippen LogP contribution in [-0.4, -0.2) is 46.1 Å². The van der Waals surface area contributed by atoms with Gasteiger partial charge in [-0.3, -0.25) is 9.80 Å². The molecular formula is C58H94N2. The molecule has 336 valence electrons. The first kappa shape index (κ1) is 40.2. The fraction of sp³-hybridized carbons (Fsp3) is 1.00. The van der Waals surface area contributed by atoms with Gasteiger partial charge in [-0.1, -0.05) is 77.0 Å². The van der Waals surface area contributed by atoms with E-state index in [1.807, 2.05) is 0 Å². The molecule has 60 heavy (non-hydrogen) atoms. The second kappa shape index (κ2) is 17.0. The Morgan fingerprint density at radius 1 is 0.200 bits per heavy atom. The fourth-order valence-corrected chi connectivity index (χ4v) is 23.0. The average molecular weight is 819 g/mol. The summed E-state index contributed by atoms with van der Waals surface area (Å²) < 4.78 is 0. The molecule has 20 atom stereocenters. The quantitative estimate of drug-likeness (QED) is 0.279. The zero-order chi connectivity index (χ0) is 39.3. The van der Waals surface area contributed by atoms with Crippen LogP contribution in [0.2, 0.25) is 0 Å². The molecule has 0 amide bonds. The van der Waals surface area contributed by atoms with E-state index in [2.05, 4.69) is 9.80 Å². The van der Waals surface area contributed by atoms with E-state index in [0.29, 0.717) is 0 Å². The van der Waals surface area contributed by atoms with Crippen molar-refractivity contribution in [2.24, 2.45) is 94.7 Å². The van der Waals surface area contributed by atoms with Gasteiger partial charge in [-0.15, -0.1) is 0 Å². The summed E-state index contributed by atoms with van der Waals surface area (Å²) >= 11 is 0. The Morgan fingerprint density at radius 2 is 0.450 bits per heavy atom. The van der Waals surface area contributed by atoms with Crippen LogP contribution in [0.1, 0.15) is 231 Å². The van der Waals surface area contributed by atoms with Gasteiger partial charge in [0.25, 0.3) is 0 Å². The smallest absolute Gasteiger partial charge is 0.0133 e. The number of nitrogens with zero attached hydrogens (tertiary/aromatic N) is 2. The zero-order valence-corrected chi connectivity index (χ0v) is 39.1. The van der Waals surface area contributed by atoms with Crippen molar-refractivity contribution in [2.45, 2.75) is 267 Å². The molecule has 0 radical (unpaired) electrons. The first-order valence-electron chi connectivity index (χ1n) is 29.3. The second-order valence-corrected chi connectivity index (χ2v) is 26.5. The molecular weight excluding hydrogens is 725 g/mol. The minimum atomic E-state index is 0.959. The summed E-state index contributed by atoms with van der Waals surface area (Å²) in [7, 11) is 0. The lowest BCUT2D eigenvalue weighted by atomic mass is 9.44. The van der Waals surface area contributed by atoms with Gasteiger partial charge in [-0.25, -0.2) is 0 Å². The molecule has 0 bridgehead atoms. The third-order valence-corrected chi connectivity index (χ3v) is 24.7. The standard InChI is InChI=1S/C58H94N2/c1-2-18-50-49(17-1)57(41-27-25-39-35-43(31-29-37(39)33-41)59-53-21-9-5-13-45(53)46-14-6-10-22-54(46)59)51-19-3-4-20-52(51)58(50)42-28-26-40-36-44(32-30-38(40)34-42)60-55-23-11-7-15-47(55)48-16-8-12-24-56(48)60/h37-58H,1-36H2. The molecule has 2 heterocycles. The summed E-state index contributed by atoms with van der Waals surface area (Å²) in [6, 6.07) is 5.86. The van der Waals surface area contributed by atoms with Gasteiger partial charge in [0.15, 0.2) is 0 Å². The summed E-state index contributed by atoms with van der Waals surface area (Å²) in [6.45, 7) is 0. The van der Waals surface area contributed by atoms with Gasteiger partial charge in [-0.2, -0.15) is 0 Å². The van der Waals surface area contributed by atoms with Gasteiger partial charge in [0.05, 0.1) is 0 Å². The monoisotopic (exact) mass is 819 g/mol. The molecule has 2 aliphatic heterocycles. The molecule has 0 N–H and O–H groups in total. The Labute approximate surface area is 370 Å². The highest BCUT2D eigenvalue weighted by Gasteiger charge is 2.59. The van der Waals surface area contributed by atoms with E-state index < -0.39 is 0 Å². The summed E-state index contributed by atoms with van der Waals surface area (Å²) in [6.07, 6.45) is 57.2. The Morgan fingerprint density at radius 3 is 0.783 bits per heavy atom. The van der Waals surface area contributed by atoms with Gasteiger partial charge < -0.3 is 0 Å². The lowest BCUT2D eigenvalue weighted by Crippen LogP contribution is -2.55. The molecule has 20 unspecified atom stereocenters. The van der Waals surface area contributed by atoms with Crippen LogP contribution in [0.5, 0.6) is 0 Å². The number of likely N-dealkylation sites (tertiary alicyclic amines) is 2. The molecule has 13 aliphatic rings. The van der Waals surface area contributed by atoms with Crippen molar-refractivity contribution in [1.82, 2.24) is 9.80 Å². The molecule has 13 rings (SSSR count). The van der Waals surface area contributed by atoms with Crippen LogP contribution in [0.4, 0.5) is 0 Å². The first-order chi connectivity index (χ1) is 29.8. The van der Waals surface area contributed by atoms with Crippen molar-refractivity contribution in [1.29, 1.82) is 0 Å². The van der Waals surface area contributed by atoms with Crippen LogP contribution in [0, 0.1) is 94.7 Å². The molecule has 11 aliphatic carbocycles. The van der Waals surface area contributed by atoms with E-state index in [1.165, 1.54) is 25.7 Å². The van der Waals surface area contributed by atoms with E-state index >= 15 is 0 Å². The summed E-state index contributed by atoms with van der Waals surface area (Å²) in [4.78, 5) is 6.64. The second-order valence-electron chi connectivity index (χ2n) is 26.5. The largest absolute Gasteiger partial charge is 0.294 e. The van der Waals surface area contributed by atoms with E-state index in [-0.39, 0.29) is 0 Å². The maximum Gasteiger partial charge on any atom is 0.0133 e. The van der Waals surface area contributed by atoms with Crippen molar-refractivity contribution >= 4 is 0 Å². The highest BCUT2D eigenvalue weighted by atomic mass is 15.3. The summed E-state index contributed by atoms with van der Waals surface area (Å²) in [5, 5.41) is 0. The third-order valence-electron chi connectivity index (χ3n) is 24.7. The van der Waals surface area contributed by atoms with E-state index in [1.54, 1.807) is 205 Å². The van der Waals surface area contributed by atoms with Crippen LogP contribution >= 0.6 is 0 Å². The molecule has 13 fully saturated rings. The van der Waals surface area contributed by atoms with Crippen molar-refractivity contribution in [3.8, 4) is 0 Å². The number of rotatable bonds is 4. The average Bonchev–Trinajstić information content (AvgIpc) is 3.83. The molecule has 2 nitrogen and oxygen atoms in total. The predicted octanol–water partition coefficient (Wildman–Crippen LogP) is 14.9. The predicted molar refractivity (Wildman–Crippen MR) is 248 cm³/mol. The maximum absolute atomic E-state index is 3.32. The normalized spacial score (nSPS) is 55.8.